The zero-order valence-electron chi connectivity index (χ0n) is 10.7. The second-order valence-corrected chi connectivity index (χ2v) is 5.54. The number of aromatic nitrogens is 2. The molecule has 1 aromatic rings. The number of nitrogens with zero attached hydrogens (tertiary/aromatic N) is 3. The maximum atomic E-state index is 12.5. The van der Waals surface area contributed by atoms with Crippen molar-refractivity contribution in [3.05, 3.63) is 5.01 Å². The van der Waals surface area contributed by atoms with Gasteiger partial charge in [0.2, 0.25) is 10.1 Å². The van der Waals surface area contributed by atoms with Crippen LogP contribution in [0.5, 0.6) is 0 Å². The van der Waals surface area contributed by atoms with Crippen LogP contribution in [0.1, 0.15) is 31.2 Å². The molecule has 1 unspecified atom stereocenters. The van der Waals surface area contributed by atoms with Crippen molar-refractivity contribution in [1.82, 2.24) is 15.5 Å². The topological polar surface area (TPSA) is 41.0 Å². The van der Waals surface area contributed by atoms with Crippen LogP contribution in [0.3, 0.4) is 0 Å². The first kappa shape index (κ1) is 14.5. The van der Waals surface area contributed by atoms with Gasteiger partial charge in [0.1, 0.15) is 0 Å². The van der Waals surface area contributed by atoms with Crippen LogP contribution < -0.4 is 10.2 Å². The van der Waals surface area contributed by atoms with Gasteiger partial charge in [0, 0.05) is 19.1 Å². The van der Waals surface area contributed by atoms with Crippen molar-refractivity contribution in [2.45, 2.75) is 38.4 Å². The van der Waals surface area contributed by atoms with Gasteiger partial charge in [0.15, 0.2) is 0 Å². The number of halogens is 3. The van der Waals surface area contributed by atoms with Crippen molar-refractivity contribution in [2.75, 3.05) is 24.5 Å². The van der Waals surface area contributed by atoms with E-state index < -0.39 is 11.2 Å². The average molecular weight is 294 g/mol. The third-order valence-electron chi connectivity index (χ3n) is 3.09. The van der Waals surface area contributed by atoms with Gasteiger partial charge in [-0.2, -0.15) is 13.2 Å². The van der Waals surface area contributed by atoms with Crippen molar-refractivity contribution in [1.29, 1.82) is 0 Å². The number of hydrogen-bond donors (Lipinski definition) is 1. The van der Waals surface area contributed by atoms with E-state index in [9.17, 15) is 13.2 Å². The quantitative estimate of drug-likeness (QED) is 0.847. The SMILES string of the molecule is CCCNCC1CCCN1c1nnc(C(F)(F)F)s1. The molecule has 0 amide bonds. The Morgan fingerprint density at radius 3 is 2.84 bits per heavy atom. The molecule has 108 valence electrons. The van der Waals surface area contributed by atoms with E-state index in [4.69, 9.17) is 0 Å². The molecule has 4 nitrogen and oxygen atoms in total. The molecule has 0 bridgehead atoms. The Kier molecular flexibility index (Phi) is 4.62. The van der Waals surface area contributed by atoms with E-state index in [1.165, 1.54) is 0 Å². The minimum Gasteiger partial charge on any atom is -0.342 e. The molecule has 1 aliphatic rings. The van der Waals surface area contributed by atoms with Gasteiger partial charge >= 0.3 is 6.18 Å². The lowest BCUT2D eigenvalue weighted by atomic mass is 10.2. The minimum absolute atomic E-state index is 0.223. The maximum absolute atomic E-state index is 12.5. The fourth-order valence-corrected chi connectivity index (χ4v) is 3.00. The largest absolute Gasteiger partial charge is 0.445 e. The van der Waals surface area contributed by atoms with Gasteiger partial charge in [-0.3, -0.25) is 0 Å². The molecule has 19 heavy (non-hydrogen) atoms. The van der Waals surface area contributed by atoms with Crippen molar-refractivity contribution in [3.63, 3.8) is 0 Å². The summed E-state index contributed by atoms with van der Waals surface area (Å²) in [4.78, 5) is 1.94. The Labute approximate surface area is 114 Å². The molecular weight excluding hydrogens is 277 g/mol. The standard InChI is InChI=1S/C11H17F3N4S/c1-2-5-15-7-8-4-3-6-18(8)10-17-16-9(19-10)11(12,13)14/h8,15H,2-7H2,1H3. The van der Waals surface area contributed by atoms with Gasteiger partial charge < -0.3 is 10.2 Å². The van der Waals surface area contributed by atoms with E-state index in [2.05, 4.69) is 22.4 Å². The van der Waals surface area contributed by atoms with E-state index in [0.717, 1.165) is 38.9 Å². The molecule has 1 N–H and O–H groups in total. The highest BCUT2D eigenvalue weighted by Gasteiger charge is 2.37. The van der Waals surface area contributed by atoms with Crippen molar-refractivity contribution < 1.29 is 13.2 Å². The van der Waals surface area contributed by atoms with E-state index >= 15 is 0 Å². The lowest BCUT2D eigenvalue weighted by Gasteiger charge is -2.23. The summed E-state index contributed by atoms with van der Waals surface area (Å²) in [5.74, 6) is 0. The van der Waals surface area contributed by atoms with Gasteiger partial charge in [0.05, 0.1) is 0 Å². The molecule has 1 atom stereocenters. The Morgan fingerprint density at radius 1 is 1.42 bits per heavy atom. The van der Waals surface area contributed by atoms with Crippen LogP contribution in [0.25, 0.3) is 0 Å². The van der Waals surface area contributed by atoms with Gasteiger partial charge in [-0.25, -0.2) is 0 Å². The van der Waals surface area contributed by atoms with Gasteiger partial charge in [-0.1, -0.05) is 18.3 Å². The second-order valence-electron chi connectivity index (χ2n) is 4.58. The highest BCUT2D eigenvalue weighted by Crippen LogP contribution is 2.36. The molecule has 1 saturated heterocycles. The Bertz CT molecular complexity index is 407. The smallest absolute Gasteiger partial charge is 0.342 e. The molecule has 0 saturated carbocycles. The fourth-order valence-electron chi connectivity index (χ4n) is 2.19. The van der Waals surface area contributed by atoms with Crippen LogP contribution in [0.4, 0.5) is 18.3 Å². The van der Waals surface area contributed by atoms with Crippen LogP contribution in [0.15, 0.2) is 0 Å². The normalized spacial score (nSPS) is 20.2. The van der Waals surface area contributed by atoms with Gasteiger partial charge in [-0.15, -0.1) is 10.2 Å². The first-order chi connectivity index (χ1) is 9.02. The van der Waals surface area contributed by atoms with Crippen molar-refractivity contribution in [2.24, 2.45) is 0 Å². The van der Waals surface area contributed by atoms with E-state index in [1.54, 1.807) is 0 Å². The van der Waals surface area contributed by atoms with Crippen molar-refractivity contribution >= 4 is 16.5 Å². The van der Waals surface area contributed by atoms with Crippen LogP contribution >= 0.6 is 11.3 Å². The zero-order chi connectivity index (χ0) is 13.9. The Hall–Kier alpha value is -0.890. The molecule has 0 spiro atoms. The molecule has 1 fully saturated rings. The molecule has 1 aromatic heterocycles. The molecular formula is C11H17F3N4S. The summed E-state index contributed by atoms with van der Waals surface area (Å²) in [6, 6.07) is 0.223. The first-order valence-electron chi connectivity index (χ1n) is 6.40. The fraction of sp³-hybridized carbons (Fsp3) is 0.818. The van der Waals surface area contributed by atoms with Crippen LogP contribution in [0.2, 0.25) is 0 Å². The summed E-state index contributed by atoms with van der Waals surface area (Å²) in [6.45, 7) is 4.55. The van der Waals surface area contributed by atoms with E-state index in [1.807, 2.05) is 4.90 Å². The van der Waals surface area contributed by atoms with Crippen LogP contribution in [-0.2, 0) is 6.18 Å². The summed E-state index contributed by atoms with van der Waals surface area (Å²) in [5.41, 5.74) is 0. The number of alkyl halides is 3. The summed E-state index contributed by atoms with van der Waals surface area (Å²) in [7, 11) is 0. The minimum atomic E-state index is -4.40. The monoisotopic (exact) mass is 294 g/mol. The summed E-state index contributed by atoms with van der Waals surface area (Å²) < 4.78 is 37.5. The maximum Gasteiger partial charge on any atom is 0.445 e. The van der Waals surface area contributed by atoms with E-state index in [0.29, 0.717) is 16.5 Å². The molecule has 2 rings (SSSR count). The molecule has 8 heteroatoms. The predicted molar refractivity (Wildman–Crippen MR) is 68.4 cm³/mol. The van der Waals surface area contributed by atoms with E-state index in [-0.39, 0.29) is 6.04 Å². The highest BCUT2D eigenvalue weighted by atomic mass is 32.1. The van der Waals surface area contributed by atoms with Crippen molar-refractivity contribution in [3.8, 4) is 0 Å². The first-order valence-corrected chi connectivity index (χ1v) is 7.22. The third kappa shape index (κ3) is 3.56. The zero-order valence-corrected chi connectivity index (χ0v) is 11.5. The third-order valence-corrected chi connectivity index (χ3v) is 4.09. The molecule has 0 radical (unpaired) electrons. The number of rotatable bonds is 5. The summed E-state index contributed by atoms with van der Waals surface area (Å²) >= 11 is 0.631. The summed E-state index contributed by atoms with van der Waals surface area (Å²) in [6.07, 6.45) is -1.38. The number of anilines is 1. The Morgan fingerprint density at radius 2 is 2.21 bits per heavy atom. The molecule has 2 heterocycles. The molecule has 1 aliphatic heterocycles. The predicted octanol–water partition coefficient (Wildman–Crippen LogP) is 2.53. The number of nitrogens with one attached hydrogen (secondary N) is 1. The van der Waals surface area contributed by atoms with Crippen LogP contribution in [-0.4, -0.2) is 35.9 Å². The Balaban J connectivity index is 2.01. The molecule has 0 aromatic carbocycles. The molecule has 0 aliphatic carbocycles. The lowest BCUT2D eigenvalue weighted by molar-refractivity contribution is -0.138. The van der Waals surface area contributed by atoms with Gasteiger partial charge in [0.25, 0.3) is 0 Å². The average Bonchev–Trinajstić information content (AvgIpc) is 2.95. The lowest BCUT2D eigenvalue weighted by Crippen LogP contribution is -2.38. The highest BCUT2D eigenvalue weighted by molar-refractivity contribution is 7.15. The summed E-state index contributed by atoms with van der Waals surface area (Å²) in [5, 5.41) is 9.76. The number of hydrogen-bond acceptors (Lipinski definition) is 5. The second kappa shape index (κ2) is 6.04. The van der Waals surface area contributed by atoms with Gasteiger partial charge in [-0.05, 0) is 25.8 Å². The van der Waals surface area contributed by atoms with Crippen LogP contribution in [0, 0.1) is 0 Å².